The largest absolute Gasteiger partial charge is 0.320 e. The quantitative estimate of drug-likeness (QED) is 0.725. The zero-order valence-corrected chi connectivity index (χ0v) is 8.27. The molecule has 0 aliphatic carbocycles. The van der Waals surface area contributed by atoms with E-state index >= 15 is 0 Å². The van der Waals surface area contributed by atoms with Crippen molar-refractivity contribution in [3.05, 3.63) is 47.0 Å². The third-order valence-corrected chi connectivity index (χ3v) is 2.16. The maximum Gasteiger partial charge on any atom is 0.134 e. The Labute approximate surface area is 82.2 Å². The lowest BCUT2D eigenvalue weighted by Gasteiger charge is -2.14. The first-order chi connectivity index (χ1) is 6.45. The fraction of sp³-hybridized carbons (Fsp3) is 0.273. The number of hydrogen-bond donors (Lipinski definition) is 1. The van der Waals surface area contributed by atoms with E-state index in [9.17, 15) is 8.78 Å². The molecular weight excluding hydrogens is 184 g/mol. The van der Waals surface area contributed by atoms with E-state index < -0.39 is 17.7 Å². The van der Waals surface area contributed by atoms with Crippen LogP contribution in [0.2, 0.25) is 0 Å². The molecule has 0 radical (unpaired) electrons. The Morgan fingerprint density at radius 2 is 2.00 bits per heavy atom. The molecule has 0 aliphatic rings. The first-order valence-corrected chi connectivity index (χ1v) is 4.30. The fourth-order valence-electron chi connectivity index (χ4n) is 1.21. The van der Waals surface area contributed by atoms with Crippen molar-refractivity contribution in [1.82, 2.24) is 0 Å². The highest BCUT2D eigenvalue weighted by molar-refractivity contribution is 5.32. The number of hydrogen-bond acceptors (Lipinski definition) is 1. The number of rotatable bonds is 2. The molecule has 0 aliphatic heterocycles. The Bertz CT molecular complexity index is 372. The number of halogens is 2. The lowest BCUT2D eigenvalue weighted by atomic mass is 9.99. The topological polar surface area (TPSA) is 26.0 Å². The summed E-state index contributed by atoms with van der Waals surface area (Å²) >= 11 is 0. The number of nitrogens with two attached hydrogens (primary N) is 1. The summed E-state index contributed by atoms with van der Waals surface area (Å²) in [6, 6.07) is 1.82. The maximum atomic E-state index is 13.5. The SMILES string of the molecule is C=C(C)C(N)c1c(F)ccc(C)c1F. The second kappa shape index (κ2) is 3.88. The van der Waals surface area contributed by atoms with Gasteiger partial charge in [0, 0.05) is 5.56 Å². The monoisotopic (exact) mass is 197 g/mol. The van der Waals surface area contributed by atoms with Gasteiger partial charge in [0.2, 0.25) is 0 Å². The van der Waals surface area contributed by atoms with Crippen molar-refractivity contribution in [3.63, 3.8) is 0 Å². The Kier molecular flexibility index (Phi) is 3.01. The first-order valence-electron chi connectivity index (χ1n) is 4.30. The van der Waals surface area contributed by atoms with Gasteiger partial charge in [-0.3, -0.25) is 0 Å². The smallest absolute Gasteiger partial charge is 0.134 e. The van der Waals surface area contributed by atoms with Gasteiger partial charge in [-0.1, -0.05) is 18.2 Å². The summed E-state index contributed by atoms with van der Waals surface area (Å²) in [5.41, 5.74) is 6.45. The van der Waals surface area contributed by atoms with Gasteiger partial charge in [-0.15, -0.1) is 0 Å². The maximum absolute atomic E-state index is 13.5. The molecule has 1 unspecified atom stereocenters. The zero-order chi connectivity index (χ0) is 10.9. The molecule has 1 aromatic carbocycles. The first kappa shape index (κ1) is 10.9. The van der Waals surface area contributed by atoms with Crippen molar-refractivity contribution in [2.45, 2.75) is 19.9 Å². The van der Waals surface area contributed by atoms with E-state index in [4.69, 9.17) is 5.73 Å². The molecule has 0 bridgehead atoms. The third-order valence-electron chi connectivity index (χ3n) is 2.16. The highest BCUT2D eigenvalue weighted by Gasteiger charge is 2.18. The van der Waals surface area contributed by atoms with Crippen molar-refractivity contribution in [2.75, 3.05) is 0 Å². The van der Waals surface area contributed by atoms with E-state index in [0.29, 0.717) is 11.1 Å². The second-order valence-electron chi connectivity index (χ2n) is 3.42. The molecule has 1 aromatic rings. The minimum atomic E-state index is -0.783. The van der Waals surface area contributed by atoms with Crippen LogP contribution in [0.15, 0.2) is 24.3 Å². The molecule has 1 nitrogen and oxygen atoms in total. The van der Waals surface area contributed by atoms with Gasteiger partial charge in [-0.25, -0.2) is 8.78 Å². The normalized spacial score (nSPS) is 12.6. The summed E-state index contributed by atoms with van der Waals surface area (Å²) in [6.45, 7) is 6.80. The minimum Gasteiger partial charge on any atom is -0.320 e. The highest BCUT2D eigenvalue weighted by atomic mass is 19.1. The van der Waals surface area contributed by atoms with Crippen LogP contribution in [0, 0.1) is 18.6 Å². The van der Waals surface area contributed by atoms with Gasteiger partial charge in [-0.05, 0) is 25.5 Å². The average molecular weight is 197 g/mol. The Morgan fingerprint density at radius 3 is 2.50 bits per heavy atom. The molecule has 14 heavy (non-hydrogen) atoms. The van der Waals surface area contributed by atoms with Crippen LogP contribution in [0.25, 0.3) is 0 Å². The summed E-state index contributed by atoms with van der Waals surface area (Å²) in [5.74, 6) is -1.20. The van der Waals surface area contributed by atoms with Crippen molar-refractivity contribution in [1.29, 1.82) is 0 Å². The minimum absolute atomic E-state index is 0.0995. The molecule has 0 saturated carbocycles. The molecule has 1 atom stereocenters. The lowest BCUT2D eigenvalue weighted by Crippen LogP contribution is -2.15. The molecule has 0 saturated heterocycles. The van der Waals surface area contributed by atoms with Crippen LogP contribution in [0.4, 0.5) is 8.78 Å². The van der Waals surface area contributed by atoms with Gasteiger partial charge in [0.25, 0.3) is 0 Å². The van der Waals surface area contributed by atoms with E-state index in [2.05, 4.69) is 6.58 Å². The third kappa shape index (κ3) is 1.82. The van der Waals surface area contributed by atoms with Crippen molar-refractivity contribution in [2.24, 2.45) is 5.73 Å². The molecule has 3 heteroatoms. The average Bonchev–Trinajstić information content (AvgIpc) is 2.12. The summed E-state index contributed by atoms with van der Waals surface area (Å²) < 4.78 is 26.8. The molecule has 1 rings (SSSR count). The zero-order valence-electron chi connectivity index (χ0n) is 8.27. The van der Waals surface area contributed by atoms with Crippen molar-refractivity contribution in [3.8, 4) is 0 Å². The van der Waals surface area contributed by atoms with Gasteiger partial charge in [0.1, 0.15) is 11.6 Å². The van der Waals surface area contributed by atoms with E-state index in [1.165, 1.54) is 12.1 Å². The van der Waals surface area contributed by atoms with Crippen LogP contribution >= 0.6 is 0 Å². The number of aryl methyl sites for hydroxylation is 1. The molecule has 0 aromatic heterocycles. The van der Waals surface area contributed by atoms with Crippen LogP contribution in [0.3, 0.4) is 0 Å². The Balaban J connectivity index is 3.32. The van der Waals surface area contributed by atoms with Gasteiger partial charge >= 0.3 is 0 Å². The summed E-state index contributed by atoms with van der Waals surface area (Å²) in [5, 5.41) is 0. The van der Waals surface area contributed by atoms with Crippen LogP contribution in [0.1, 0.15) is 24.1 Å². The van der Waals surface area contributed by atoms with Crippen LogP contribution in [-0.4, -0.2) is 0 Å². The van der Waals surface area contributed by atoms with Gasteiger partial charge in [0.15, 0.2) is 0 Å². The Hall–Kier alpha value is -1.22. The molecule has 0 spiro atoms. The van der Waals surface area contributed by atoms with E-state index in [0.717, 1.165) is 0 Å². The van der Waals surface area contributed by atoms with Crippen molar-refractivity contribution >= 4 is 0 Å². The van der Waals surface area contributed by atoms with Crippen LogP contribution in [0.5, 0.6) is 0 Å². The molecule has 0 fully saturated rings. The standard InChI is InChI=1S/C11H13F2N/c1-6(2)11(14)9-8(12)5-4-7(3)10(9)13/h4-5,11H,1,14H2,2-3H3. The van der Waals surface area contributed by atoms with Gasteiger partial charge < -0.3 is 5.73 Å². The molecular formula is C11H13F2N. The predicted molar refractivity (Wildman–Crippen MR) is 52.8 cm³/mol. The molecule has 76 valence electrons. The molecule has 2 N–H and O–H groups in total. The van der Waals surface area contributed by atoms with Crippen LogP contribution in [-0.2, 0) is 0 Å². The van der Waals surface area contributed by atoms with Gasteiger partial charge in [-0.2, -0.15) is 0 Å². The number of benzene rings is 1. The summed E-state index contributed by atoms with van der Waals surface area (Å²) in [7, 11) is 0. The molecule has 0 amide bonds. The predicted octanol–water partition coefficient (Wildman–Crippen LogP) is 2.85. The highest BCUT2D eigenvalue weighted by Crippen LogP contribution is 2.25. The van der Waals surface area contributed by atoms with Crippen LogP contribution < -0.4 is 5.73 Å². The fourth-order valence-corrected chi connectivity index (χ4v) is 1.21. The molecule has 0 heterocycles. The second-order valence-corrected chi connectivity index (χ2v) is 3.42. The van der Waals surface area contributed by atoms with Gasteiger partial charge in [0.05, 0.1) is 6.04 Å². The van der Waals surface area contributed by atoms with E-state index in [1.807, 2.05) is 0 Å². The summed E-state index contributed by atoms with van der Waals surface area (Å²) in [4.78, 5) is 0. The Morgan fingerprint density at radius 1 is 1.43 bits per heavy atom. The van der Waals surface area contributed by atoms with E-state index in [-0.39, 0.29) is 5.56 Å². The summed E-state index contributed by atoms with van der Waals surface area (Å²) in [6.07, 6.45) is 0. The van der Waals surface area contributed by atoms with E-state index in [1.54, 1.807) is 13.8 Å². The lowest BCUT2D eigenvalue weighted by molar-refractivity contribution is 0.536. The van der Waals surface area contributed by atoms with Crippen molar-refractivity contribution < 1.29 is 8.78 Å².